The monoisotopic (exact) mass is 463 g/mol. The van der Waals surface area contributed by atoms with Crippen LogP contribution in [0, 0.1) is 22.7 Å². The minimum Gasteiger partial charge on any atom is -0.423 e. The summed E-state index contributed by atoms with van der Waals surface area (Å²) >= 11 is 0. The highest BCUT2D eigenvalue weighted by atomic mass is 16.5. The van der Waals surface area contributed by atoms with Crippen LogP contribution in [-0.4, -0.2) is 43.0 Å². The van der Waals surface area contributed by atoms with Crippen LogP contribution in [0.4, 0.5) is 5.69 Å². The van der Waals surface area contributed by atoms with Gasteiger partial charge >= 0.3 is 5.97 Å². The molecule has 0 spiro atoms. The molecule has 0 radical (unpaired) electrons. The van der Waals surface area contributed by atoms with E-state index in [4.69, 9.17) is 4.74 Å². The van der Waals surface area contributed by atoms with E-state index in [0.717, 1.165) is 36.1 Å². The average Bonchev–Trinajstić information content (AvgIpc) is 3.15. The topological polar surface area (TPSA) is 70.0 Å². The lowest BCUT2D eigenvalue weighted by Crippen LogP contribution is -2.57. The van der Waals surface area contributed by atoms with Crippen molar-refractivity contribution >= 4 is 17.7 Å². The highest BCUT2D eigenvalue weighted by molar-refractivity contribution is 5.96. The molecule has 1 heterocycles. The summed E-state index contributed by atoms with van der Waals surface area (Å²) in [6.45, 7) is 8.58. The maximum absolute atomic E-state index is 12.5. The summed E-state index contributed by atoms with van der Waals surface area (Å²) in [5.41, 5.74) is 3.10. The summed E-state index contributed by atoms with van der Waals surface area (Å²) in [7, 11) is 3.99. The lowest BCUT2D eigenvalue weighted by Gasteiger charge is -2.59. The van der Waals surface area contributed by atoms with Gasteiger partial charge in [0.2, 0.25) is 0 Å². The summed E-state index contributed by atoms with van der Waals surface area (Å²) in [5, 5.41) is 20.9. The highest BCUT2D eigenvalue weighted by Gasteiger charge is 2.57. The molecule has 4 rings (SSSR count). The number of aliphatic hydroxyl groups excluding tert-OH is 2. The quantitative estimate of drug-likeness (QED) is 0.481. The van der Waals surface area contributed by atoms with Crippen LogP contribution in [-0.2, 0) is 9.53 Å². The van der Waals surface area contributed by atoms with E-state index in [2.05, 4.69) is 19.6 Å². The van der Waals surface area contributed by atoms with E-state index in [9.17, 15) is 15.0 Å². The zero-order valence-corrected chi connectivity index (χ0v) is 20.8. The van der Waals surface area contributed by atoms with Crippen molar-refractivity contribution in [1.82, 2.24) is 0 Å². The first kappa shape index (κ1) is 24.5. The summed E-state index contributed by atoms with van der Waals surface area (Å²) < 4.78 is 5.50. The predicted molar refractivity (Wildman–Crippen MR) is 136 cm³/mol. The van der Waals surface area contributed by atoms with Crippen LogP contribution >= 0.6 is 0 Å². The van der Waals surface area contributed by atoms with E-state index in [1.165, 1.54) is 0 Å². The summed E-state index contributed by atoms with van der Waals surface area (Å²) in [5.74, 6) is 0.432. The Bertz CT molecular complexity index is 1050. The first-order chi connectivity index (χ1) is 16.1. The van der Waals surface area contributed by atoms with Gasteiger partial charge in [-0.05, 0) is 66.9 Å². The van der Waals surface area contributed by atoms with Gasteiger partial charge in [0.05, 0.1) is 18.3 Å². The Labute approximate surface area is 203 Å². The van der Waals surface area contributed by atoms with Gasteiger partial charge in [-0.15, -0.1) is 0 Å². The van der Waals surface area contributed by atoms with E-state index in [1.807, 2.05) is 62.3 Å². The number of hydrogen-bond donors (Lipinski definition) is 2. The molecule has 5 heteroatoms. The molecule has 0 aromatic heterocycles. The number of rotatable bonds is 5. The molecule has 1 aliphatic heterocycles. The summed E-state index contributed by atoms with van der Waals surface area (Å²) in [6, 6.07) is 8.06. The van der Waals surface area contributed by atoms with Crippen LogP contribution in [0.5, 0.6) is 0 Å². The number of hydrogen-bond acceptors (Lipinski definition) is 5. The number of fused-ring (bicyclic) bond motifs is 1. The van der Waals surface area contributed by atoms with E-state index in [0.29, 0.717) is 17.8 Å². The number of carbonyl (C=O) groups is 1. The molecule has 2 N–H and O–H groups in total. The van der Waals surface area contributed by atoms with E-state index >= 15 is 0 Å². The van der Waals surface area contributed by atoms with Crippen molar-refractivity contribution in [2.45, 2.75) is 45.6 Å². The number of nitrogens with zero attached hydrogens (tertiary/aromatic N) is 1. The Morgan fingerprint density at radius 3 is 2.56 bits per heavy atom. The fourth-order valence-corrected chi connectivity index (χ4v) is 6.32. The Morgan fingerprint density at radius 1 is 1.21 bits per heavy atom. The standard InChI is InChI=1S/C29H37NO4/c1-19-6-13-25-28(2,15-14-26(32)29(25,3)18-31)24(19)12-9-21-17-23(34-27(21)33)16-20-7-10-22(11-8-20)30(4)5/h7-12,16-17,24-26,31-32H,1,6,13-15,18H2,2-5H3/b12-9+,23-16-/t24-,25+,26-,28+,29+/m1/s1. The normalized spacial score (nSPS) is 34.8. The SMILES string of the molecule is C=C1CC[C@@H]2[C@](C)(CO)[C@H](O)CC[C@@]2(C)[C@@H]1/C=C/C1=CC(=C/c2ccc(N(C)C)cc2)/OC1=O. The number of anilines is 1. The molecule has 0 unspecified atom stereocenters. The second-order valence-corrected chi connectivity index (χ2v) is 10.8. The summed E-state index contributed by atoms with van der Waals surface area (Å²) in [6.07, 6.45) is 10.4. The minimum atomic E-state index is -0.524. The van der Waals surface area contributed by atoms with E-state index < -0.39 is 11.5 Å². The third-order valence-corrected chi connectivity index (χ3v) is 8.49. The van der Waals surface area contributed by atoms with Crippen LogP contribution in [0.1, 0.15) is 45.1 Å². The first-order valence-electron chi connectivity index (χ1n) is 12.2. The van der Waals surface area contributed by atoms with Crippen LogP contribution in [0.2, 0.25) is 0 Å². The van der Waals surface area contributed by atoms with E-state index in [-0.39, 0.29) is 29.8 Å². The Balaban J connectivity index is 1.57. The Morgan fingerprint density at radius 2 is 1.91 bits per heavy atom. The maximum Gasteiger partial charge on any atom is 0.343 e. The van der Waals surface area contributed by atoms with Crippen molar-refractivity contribution in [2.24, 2.45) is 22.7 Å². The predicted octanol–water partition coefficient (Wildman–Crippen LogP) is 4.87. The van der Waals surface area contributed by atoms with Crippen molar-refractivity contribution < 1.29 is 19.7 Å². The van der Waals surface area contributed by atoms with Crippen molar-refractivity contribution in [1.29, 1.82) is 0 Å². The van der Waals surface area contributed by atoms with Gasteiger partial charge in [-0.2, -0.15) is 0 Å². The van der Waals surface area contributed by atoms with Gasteiger partial charge in [-0.3, -0.25) is 0 Å². The van der Waals surface area contributed by atoms with Crippen LogP contribution in [0.15, 0.2) is 66.0 Å². The number of cyclic esters (lactones) is 1. The molecule has 182 valence electrons. The molecule has 1 aromatic carbocycles. The fraction of sp³-hybridized carbons (Fsp3) is 0.483. The van der Waals surface area contributed by atoms with Crippen molar-refractivity contribution in [3.05, 3.63) is 71.5 Å². The fourth-order valence-electron chi connectivity index (χ4n) is 6.32. The first-order valence-corrected chi connectivity index (χ1v) is 12.2. The molecule has 2 aliphatic carbocycles. The average molecular weight is 464 g/mol. The molecule has 5 atom stereocenters. The molecule has 5 nitrogen and oxygen atoms in total. The van der Waals surface area contributed by atoms with Gasteiger partial charge in [0.25, 0.3) is 0 Å². The van der Waals surface area contributed by atoms with Gasteiger partial charge in [0.1, 0.15) is 5.76 Å². The lowest BCUT2D eigenvalue weighted by molar-refractivity contribution is -0.145. The maximum atomic E-state index is 12.5. The van der Waals surface area contributed by atoms with Crippen LogP contribution in [0.25, 0.3) is 6.08 Å². The van der Waals surface area contributed by atoms with Gasteiger partial charge in [0.15, 0.2) is 0 Å². The van der Waals surface area contributed by atoms with Crippen molar-refractivity contribution in [3.8, 4) is 0 Å². The Kier molecular flexibility index (Phi) is 6.63. The van der Waals surface area contributed by atoms with Gasteiger partial charge in [-0.25, -0.2) is 4.79 Å². The van der Waals surface area contributed by atoms with Crippen LogP contribution in [0.3, 0.4) is 0 Å². The number of ether oxygens (including phenoxy) is 1. The van der Waals surface area contributed by atoms with Gasteiger partial charge in [-0.1, -0.05) is 50.3 Å². The third kappa shape index (κ3) is 4.27. The van der Waals surface area contributed by atoms with E-state index in [1.54, 1.807) is 6.08 Å². The number of esters is 1. The molecule has 34 heavy (non-hydrogen) atoms. The number of aliphatic hydroxyl groups is 2. The number of carbonyl (C=O) groups excluding carboxylic acids is 1. The molecular formula is C29H37NO4. The third-order valence-electron chi connectivity index (χ3n) is 8.49. The smallest absolute Gasteiger partial charge is 0.343 e. The highest BCUT2D eigenvalue weighted by Crippen LogP contribution is 2.61. The van der Waals surface area contributed by atoms with Crippen molar-refractivity contribution in [3.63, 3.8) is 0 Å². The molecule has 2 saturated carbocycles. The number of allylic oxidation sites excluding steroid dienone is 3. The number of benzene rings is 1. The zero-order valence-electron chi connectivity index (χ0n) is 20.8. The lowest BCUT2D eigenvalue weighted by atomic mass is 9.46. The van der Waals surface area contributed by atoms with Gasteiger partial charge < -0.3 is 19.8 Å². The molecule has 0 bridgehead atoms. The summed E-state index contributed by atoms with van der Waals surface area (Å²) in [4.78, 5) is 14.6. The molecule has 0 amide bonds. The second kappa shape index (κ2) is 9.20. The Hall–Kier alpha value is -2.63. The molecular weight excluding hydrogens is 426 g/mol. The molecule has 2 fully saturated rings. The largest absolute Gasteiger partial charge is 0.423 e. The molecule has 0 saturated heterocycles. The van der Waals surface area contributed by atoms with Gasteiger partial charge in [0, 0.05) is 31.1 Å². The second-order valence-electron chi connectivity index (χ2n) is 10.8. The minimum absolute atomic E-state index is 0.0293. The molecule has 1 aromatic rings. The van der Waals surface area contributed by atoms with Crippen LogP contribution < -0.4 is 4.90 Å². The van der Waals surface area contributed by atoms with Crippen molar-refractivity contribution in [2.75, 3.05) is 25.6 Å². The molecule has 3 aliphatic rings. The zero-order chi connectivity index (χ0) is 24.7.